The fourth-order valence-electron chi connectivity index (χ4n) is 2.97. The Balaban J connectivity index is 1.68. The number of carbonyl (C=O) groups excluding carboxylic acids is 1. The monoisotopic (exact) mass is 500 g/mol. The summed E-state index contributed by atoms with van der Waals surface area (Å²) in [6.07, 6.45) is 1.46. The average Bonchev–Trinajstić information content (AvgIpc) is 3.14. The Labute approximate surface area is 195 Å². The summed E-state index contributed by atoms with van der Waals surface area (Å²) in [6, 6.07) is 13.6. The molecule has 0 bridgehead atoms. The van der Waals surface area contributed by atoms with Gasteiger partial charge in [0.15, 0.2) is 17.1 Å². The number of anilines is 1. The summed E-state index contributed by atoms with van der Waals surface area (Å²) >= 11 is 4.76. The first kappa shape index (κ1) is 23.1. The van der Waals surface area contributed by atoms with E-state index in [2.05, 4.69) is 38.0 Å². The van der Waals surface area contributed by atoms with Gasteiger partial charge in [-0.15, -0.1) is 16.8 Å². The van der Waals surface area contributed by atoms with Crippen LogP contribution in [0.4, 0.5) is 5.69 Å². The number of aromatic nitrogens is 3. The highest BCUT2D eigenvalue weighted by Gasteiger charge is 2.20. The van der Waals surface area contributed by atoms with Crippen LogP contribution in [0.2, 0.25) is 0 Å². The minimum Gasteiger partial charge on any atom is -0.483 e. The number of benzene rings is 2. The Morgan fingerprint density at radius 3 is 2.71 bits per heavy atom. The smallest absolute Gasteiger partial charge is 0.234 e. The SMILES string of the molecule is C=CCn1c(SCC(=O)Nc2cc(C)ccc2C)nnc1C(C)Oc1ccc(Br)cc1. The molecule has 3 aromatic rings. The van der Waals surface area contributed by atoms with Crippen LogP contribution in [0.1, 0.15) is 30.0 Å². The van der Waals surface area contributed by atoms with Gasteiger partial charge in [0.1, 0.15) is 5.75 Å². The molecule has 1 heterocycles. The summed E-state index contributed by atoms with van der Waals surface area (Å²) in [5.41, 5.74) is 2.96. The van der Waals surface area contributed by atoms with Gasteiger partial charge in [-0.3, -0.25) is 9.36 Å². The summed E-state index contributed by atoms with van der Waals surface area (Å²) in [4.78, 5) is 12.5. The van der Waals surface area contributed by atoms with Crippen molar-refractivity contribution in [3.8, 4) is 5.75 Å². The number of ether oxygens (including phenoxy) is 1. The molecule has 0 spiro atoms. The van der Waals surface area contributed by atoms with Crippen LogP contribution < -0.4 is 10.1 Å². The molecule has 0 saturated carbocycles. The highest BCUT2D eigenvalue weighted by Crippen LogP contribution is 2.26. The molecule has 31 heavy (non-hydrogen) atoms. The maximum Gasteiger partial charge on any atom is 0.234 e. The van der Waals surface area contributed by atoms with E-state index in [1.165, 1.54) is 11.8 Å². The molecule has 1 aromatic heterocycles. The zero-order valence-corrected chi connectivity index (χ0v) is 20.2. The van der Waals surface area contributed by atoms with Crippen LogP contribution in [0.15, 0.2) is 64.7 Å². The quantitative estimate of drug-likeness (QED) is 0.300. The van der Waals surface area contributed by atoms with Gasteiger partial charge >= 0.3 is 0 Å². The van der Waals surface area contributed by atoms with Crippen molar-refractivity contribution < 1.29 is 9.53 Å². The number of nitrogens with one attached hydrogen (secondary N) is 1. The molecule has 0 aliphatic carbocycles. The fourth-order valence-corrected chi connectivity index (χ4v) is 3.98. The van der Waals surface area contributed by atoms with Crippen LogP contribution in [0.5, 0.6) is 5.75 Å². The first-order chi connectivity index (χ1) is 14.9. The van der Waals surface area contributed by atoms with Crippen molar-refractivity contribution in [2.75, 3.05) is 11.1 Å². The number of thioether (sulfide) groups is 1. The highest BCUT2D eigenvalue weighted by atomic mass is 79.9. The van der Waals surface area contributed by atoms with E-state index >= 15 is 0 Å². The van der Waals surface area contributed by atoms with Crippen molar-refractivity contribution in [1.82, 2.24) is 14.8 Å². The van der Waals surface area contributed by atoms with E-state index < -0.39 is 0 Å². The van der Waals surface area contributed by atoms with Crippen molar-refractivity contribution in [3.63, 3.8) is 0 Å². The number of allylic oxidation sites excluding steroid dienone is 1. The lowest BCUT2D eigenvalue weighted by Gasteiger charge is -2.16. The van der Waals surface area contributed by atoms with Crippen LogP contribution in [0, 0.1) is 13.8 Å². The molecule has 0 saturated heterocycles. The van der Waals surface area contributed by atoms with Gasteiger partial charge in [0.2, 0.25) is 5.91 Å². The third-order valence-corrected chi connectivity index (χ3v) is 6.04. The number of hydrogen-bond acceptors (Lipinski definition) is 5. The normalized spacial score (nSPS) is 11.7. The maximum atomic E-state index is 12.5. The van der Waals surface area contributed by atoms with Crippen LogP contribution >= 0.6 is 27.7 Å². The minimum atomic E-state index is -0.313. The Bertz CT molecular complexity index is 1070. The van der Waals surface area contributed by atoms with Crippen LogP contribution in [0.3, 0.4) is 0 Å². The summed E-state index contributed by atoms with van der Waals surface area (Å²) in [6.45, 7) is 10.3. The molecule has 2 aromatic carbocycles. The van der Waals surface area contributed by atoms with E-state index in [0.717, 1.165) is 27.0 Å². The Kier molecular flexibility index (Phi) is 7.92. The van der Waals surface area contributed by atoms with E-state index in [1.54, 1.807) is 6.08 Å². The first-order valence-electron chi connectivity index (χ1n) is 9.83. The molecular weight excluding hydrogens is 476 g/mol. The van der Waals surface area contributed by atoms with Crippen molar-refractivity contribution in [3.05, 3.63) is 76.5 Å². The highest BCUT2D eigenvalue weighted by molar-refractivity contribution is 9.10. The molecule has 162 valence electrons. The molecule has 1 unspecified atom stereocenters. The average molecular weight is 501 g/mol. The van der Waals surface area contributed by atoms with E-state index in [9.17, 15) is 4.79 Å². The lowest BCUT2D eigenvalue weighted by Crippen LogP contribution is -2.16. The van der Waals surface area contributed by atoms with Crippen molar-refractivity contribution in [1.29, 1.82) is 0 Å². The van der Waals surface area contributed by atoms with Crippen LogP contribution in [-0.2, 0) is 11.3 Å². The molecule has 1 amide bonds. The van der Waals surface area contributed by atoms with Gasteiger partial charge in [-0.2, -0.15) is 0 Å². The van der Waals surface area contributed by atoms with Gasteiger partial charge in [0.25, 0.3) is 0 Å². The Morgan fingerprint density at radius 1 is 1.26 bits per heavy atom. The lowest BCUT2D eigenvalue weighted by atomic mass is 10.1. The molecule has 0 fully saturated rings. The van der Waals surface area contributed by atoms with E-state index in [-0.39, 0.29) is 17.8 Å². The zero-order chi connectivity index (χ0) is 22.4. The number of amides is 1. The minimum absolute atomic E-state index is 0.0902. The van der Waals surface area contributed by atoms with Gasteiger partial charge in [-0.05, 0) is 62.2 Å². The van der Waals surface area contributed by atoms with E-state index in [1.807, 2.05) is 67.8 Å². The summed E-state index contributed by atoms with van der Waals surface area (Å²) in [7, 11) is 0. The van der Waals surface area contributed by atoms with E-state index in [0.29, 0.717) is 17.5 Å². The van der Waals surface area contributed by atoms with Crippen molar-refractivity contribution in [2.45, 2.75) is 38.6 Å². The standard InChI is InChI=1S/C23H25BrN4O2S/c1-5-12-28-22(17(4)30-19-10-8-18(24)9-11-19)26-27-23(28)31-14-21(29)25-20-13-15(2)6-7-16(20)3/h5-11,13,17H,1,12,14H2,2-4H3,(H,25,29). The third-order valence-electron chi connectivity index (χ3n) is 4.55. The molecule has 1 N–H and O–H groups in total. The number of nitrogens with zero attached hydrogens (tertiary/aromatic N) is 3. The molecule has 8 heteroatoms. The molecule has 6 nitrogen and oxygen atoms in total. The Hall–Kier alpha value is -2.58. The molecule has 0 aliphatic heterocycles. The second-order valence-corrected chi connectivity index (χ2v) is 8.97. The topological polar surface area (TPSA) is 69.0 Å². The van der Waals surface area contributed by atoms with Crippen LogP contribution in [0.25, 0.3) is 0 Å². The predicted molar refractivity (Wildman–Crippen MR) is 129 cm³/mol. The number of halogens is 1. The molecule has 3 rings (SSSR count). The largest absolute Gasteiger partial charge is 0.483 e. The predicted octanol–water partition coefficient (Wildman–Crippen LogP) is 5.71. The molecule has 1 atom stereocenters. The third kappa shape index (κ3) is 6.21. The summed E-state index contributed by atoms with van der Waals surface area (Å²) in [5.74, 6) is 1.56. The zero-order valence-electron chi connectivity index (χ0n) is 17.8. The van der Waals surface area contributed by atoms with Crippen molar-refractivity contribution in [2.24, 2.45) is 0 Å². The molecular formula is C23H25BrN4O2S. The van der Waals surface area contributed by atoms with Gasteiger partial charge in [0.05, 0.1) is 5.75 Å². The van der Waals surface area contributed by atoms with Gasteiger partial charge < -0.3 is 10.1 Å². The maximum absolute atomic E-state index is 12.5. The van der Waals surface area contributed by atoms with Crippen molar-refractivity contribution >= 4 is 39.3 Å². The van der Waals surface area contributed by atoms with E-state index in [4.69, 9.17) is 4.74 Å². The van der Waals surface area contributed by atoms with Crippen LogP contribution in [-0.4, -0.2) is 26.4 Å². The fraction of sp³-hybridized carbons (Fsp3) is 0.261. The lowest BCUT2D eigenvalue weighted by molar-refractivity contribution is -0.113. The van der Waals surface area contributed by atoms with Gasteiger partial charge in [-0.1, -0.05) is 45.9 Å². The number of carbonyl (C=O) groups is 1. The number of rotatable bonds is 9. The summed E-state index contributed by atoms with van der Waals surface area (Å²) < 4.78 is 8.93. The Morgan fingerprint density at radius 2 is 2.00 bits per heavy atom. The van der Waals surface area contributed by atoms with Gasteiger partial charge in [0, 0.05) is 16.7 Å². The number of aryl methyl sites for hydroxylation is 2. The summed E-state index contributed by atoms with van der Waals surface area (Å²) in [5, 5.41) is 12.2. The number of hydrogen-bond donors (Lipinski definition) is 1. The second kappa shape index (κ2) is 10.6. The van der Waals surface area contributed by atoms with Gasteiger partial charge in [-0.25, -0.2) is 0 Å². The second-order valence-electron chi connectivity index (χ2n) is 7.11. The molecule has 0 aliphatic rings. The molecule has 0 radical (unpaired) electrons. The first-order valence-corrected chi connectivity index (χ1v) is 11.6.